The van der Waals surface area contributed by atoms with Crippen LogP contribution in [-0.2, 0) is 0 Å². The number of rotatable bonds is 3. The molecule has 0 saturated heterocycles. The van der Waals surface area contributed by atoms with Crippen LogP contribution in [0.3, 0.4) is 0 Å². The predicted octanol–water partition coefficient (Wildman–Crippen LogP) is 4.61. The van der Waals surface area contributed by atoms with Gasteiger partial charge in [-0.2, -0.15) is 0 Å². The van der Waals surface area contributed by atoms with Crippen LogP contribution in [0.4, 0.5) is 4.39 Å². The second kappa shape index (κ2) is 5.48. The quantitative estimate of drug-likeness (QED) is 0.864. The molecule has 1 N–H and O–H groups in total. The highest BCUT2D eigenvalue weighted by atomic mass is 79.9. The van der Waals surface area contributed by atoms with Gasteiger partial charge in [-0.1, -0.05) is 11.6 Å². The van der Waals surface area contributed by atoms with Crippen molar-refractivity contribution in [2.24, 2.45) is 0 Å². The maximum atomic E-state index is 13.3. The Bertz CT molecular complexity index is 529. The summed E-state index contributed by atoms with van der Waals surface area (Å²) in [5.74, 6) is -0.280. The molecule has 1 heterocycles. The van der Waals surface area contributed by atoms with Crippen LogP contribution in [0.1, 0.15) is 16.5 Å². The summed E-state index contributed by atoms with van der Waals surface area (Å²) >= 11 is 11.2. The van der Waals surface area contributed by atoms with Gasteiger partial charge in [-0.3, -0.25) is 0 Å². The molecule has 1 unspecified atom stereocenters. The lowest BCUT2D eigenvalue weighted by Gasteiger charge is -2.17. The van der Waals surface area contributed by atoms with Gasteiger partial charge < -0.3 is 5.32 Å². The van der Waals surface area contributed by atoms with Crippen molar-refractivity contribution in [3.05, 3.63) is 55.4 Å². The van der Waals surface area contributed by atoms with E-state index in [1.807, 2.05) is 18.5 Å². The minimum Gasteiger partial charge on any atom is -0.309 e. The standard InChI is InChI=1S/C12H10BrClFNS/c1-16-11(12-9(13)4-5-17-12)8-6-7(15)2-3-10(8)14/h2-6,11,16H,1H3. The number of hydrogen-bond donors (Lipinski definition) is 1. The van der Waals surface area contributed by atoms with Crippen LogP contribution < -0.4 is 5.32 Å². The molecule has 1 aromatic heterocycles. The summed E-state index contributed by atoms with van der Waals surface area (Å²) in [6, 6.07) is 6.28. The molecular weight excluding hydrogens is 325 g/mol. The Labute approximate surface area is 117 Å². The van der Waals surface area contributed by atoms with Crippen LogP contribution in [0.25, 0.3) is 0 Å². The molecule has 90 valence electrons. The molecule has 0 radical (unpaired) electrons. The zero-order valence-corrected chi connectivity index (χ0v) is 12.2. The maximum Gasteiger partial charge on any atom is 0.123 e. The largest absolute Gasteiger partial charge is 0.309 e. The van der Waals surface area contributed by atoms with Crippen molar-refractivity contribution >= 4 is 38.9 Å². The third-order valence-electron chi connectivity index (χ3n) is 2.46. The topological polar surface area (TPSA) is 12.0 Å². The Morgan fingerprint density at radius 2 is 2.18 bits per heavy atom. The summed E-state index contributed by atoms with van der Waals surface area (Å²) < 4.78 is 14.3. The normalized spacial score (nSPS) is 12.7. The van der Waals surface area contributed by atoms with Gasteiger partial charge in [0.15, 0.2) is 0 Å². The molecule has 5 heteroatoms. The number of nitrogens with one attached hydrogen (secondary N) is 1. The molecule has 0 saturated carbocycles. The van der Waals surface area contributed by atoms with Gasteiger partial charge in [0.05, 0.1) is 6.04 Å². The van der Waals surface area contributed by atoms with Gasteiger partial charge in [0.1, 0.15) is 5.82 Å². The van der Waals surface area contributed by atoms with E-state index in [1.54, 1.807) is 17.4 Å². The number of halogens is 3. The summed E-state index contributed by atoms with van der Waals surface area (Å²) in [5.41, 5.74) is 0.748. The first-order chi connectivity index (χ1) is 8.13. The van der Waals surface area contributed by atoms with Crippen LogP contribution in [-0.4, -0.2) is 7.05 Å². The van der Waals surface area contributed by atoms with Crippen molar-refractivity contribution in [2.75, 3.05) is 7.05 Å². The van der Waals surface area contributed by atoms with E-state index in [1.165, 1.54) is 12.1 Å². The van der Waals surface area contributed by atoms with Crippen molar-refractivity contribution in [1.82, 2.24) is 5.32 Å². The highest BCUT2D eigenvalue weighted by molar-refractivity contribution is 9.10. The van der Waals surface area contributed by atoms with Crippen molar-refractivity contribution in [2.45, 2.75) is 6.04 Å². The van der Waals surface area contributed by atoms with Gasteiger partial charge in [-0.25, -0.2) is 4.39 Å². The molecular formula is C12H10BrClFNS. The summed E-state index contributed by atoms with van der Waals surface area (Å²) in [5, 5.41) is 5.70. The summed E-state index contributed by atoms with van der Waals surface area (Å²) in [4.78, 5) is 1.08. The first kappa shape index (κ1) is 13.0. The minimum absolute atomic E-state index is 0.104. The average molecular weight is 335 g/mol. The fourth-order valence-electron chi connectivity index (χ4n) is 1.68. The minimum atomic E-state index is -0.280. The van der Waals surface area contributed by atoms with E-state index in [9.17, 15) is 4.39 Å². The zero-order valence-electron chi connectivity index (χ0n) is 9.01. The van der Waals surface area contributed by atoms with Crippen molar-refractivity contribution in [3.63, 3.8) is 0 Å². The second-order valence-electron chi connectivity index (χ2n) is 3.52. The highest BCUT2D eigenvalue weighted by Gasteiger charge is 2.19. The fourth-order valence-corrected chi connectivity index (χ4v) is 3.63. The van der Waals surface area contributed by atoms with E-state index >= 15 is 0 Å². The van der Waals surface area contributed by atoms with Gasteiger partial charge in [0, 0.05) is 14.4 Å². The second-order valence-corrected chi connectivity index (χ2v) is 5.73. The molecule has 17 heavy (non-hydrogen) atoms. The van der Waals surface area contributed by atoms with Gasteiger partial charge in [0.25, 0.3) is 0 Å². The number of benzene rings is 1. The maximum absolute atomic E-state index is 13.3. The van der Waals surface area contributed by atoms with Gasteiger partial charge >= 0.3 is 0 Å². The van der Waals surface area contributed by atoms with E-state index in [0.717, 1.165) is 14.9 Å². The number of thiophene rings is 1. The third kappa shape index (κ3) is 2.71. The van der Waals surface area contributed by atoms with E-state index < -0.39 is 0 Å². The Kier molecular flexibility index (Phi) is 4.20. The summed E-state index contributed by atoms with van der Waals surface area (Å²) in [7, 11) is 1.83. The van der Waals surface area contributed by atoms with Crippen molar-refractivity contribution < 1.29 is 4.39 Å². The molecule has 0 aliphatic carbocycles. The van der Waals surface area contributed by atoms with Crippen LogP contribution >= 0.6 is 38.9 Å². The zero-order chi connectivity index (χ0) is 12.4. The van der Waals surface area contributed by atoms with Crippen LogP contribution in [0.2, 0.25) is 5.02 Å². The first-order valence-corrected chi connectivity index (χ1v) is 7.03. The molecule has 1 aromatic carbocycles. The lowest BCUT2D eigenvalue weighted by molar-refractivity contribution is 0.618. The van der Waals surface area contributed by atoms with Gasteiger partial charge in [0.2, 0.25) is 0 Å². The molecule has 0 bridgehead atoms. The fraction of sp³-hybridized carbons (Fsp3) is 0.167. The van der Waals surface area contributed by atoms with Gasteiger partial charge in [-0.05, 0) is 58.2 Å². The van der Waals surface area contributed by atoms with E-state index in [4.69, 9.17) is 11.6 Å². The molecule has 1 atom stereocenters. The molecule has 0 amide bonds. The Balaban J connectivity index is 2.49. The van der Waals surface area contributed by atoms with Crippen LogP contribution in [0.5, 0.6) is 0 Å². The van der Waals surface area contributed by atoms with E-state index in [-0.39, 0.29) is 11.9 Å². The van der Waals surface area contributed by atoms with Crippen LogP contribution in [0, 0.1) is 5.82 Å². The van der Waals surface area contributed by atoms with Crippen molar-refractivity contribution in [3.8, 4) is 0 Å². The lowest BCUT2D eigenvalue weighted by atomic mass is 10.1. The molecule has 0 aliphatic heterocycles. The summed E-state index contributed by atoms with van der Waals surface area (Å²) in [6.45, 7) is 0. The third-order valence-corrected chi connectivity index (χ3v) is 4.74. The van der Waals surface area contributed by atoms with E-state index in [2.05, 4.69) is 21.2 Å². The Hall–Kier alpha value is -0.420. The molecule has 1 nitrogen and oxygen atoms in total. The Morgan fingerprint density at radius 3 is 2.76 bits per heavy atom. The highest BCUT2D eigenvalue weighted by Crippen LogP contribution is 2.35. The lowest BCUT2D eigenvalue weighted by Crippen LogP contribution is -2.17. The Morgan fingerprint density at radius 1 is 1.41 bits per heavy atom. The van der Waals surface area contributed by atoms with Gasteiger partial charge in [-0.15, -0.1) is 11.3 Å². The smallest absolute Gasteiger partial charge is 0.123 e. The van der Waals surface area contributed by atoms with E-state index in [0.29, 0.717) is 5.02 Å². The number of hydrogen-bond acceptors (Lipinski definition) is 2. The van der Waals surface area contributed by atoms with Crippen LogP contribution in [0.15, 0.2) is 34.1 Å². The molecule has 0 aliphatic rings. The molecule has 0 spiro atoms. The average Bonchev–Trinajstić information content (AvgIpc) is 2.71. The molecule has 2 rings (SSSR count). The summed E-state index contributed by atoms with van der Waals surface area (Å²) in [6.07, 6.45) is 0. The first-order valence-electron chi connectivity index (χ1n) is 4.98. The monoisotopic (exact) mass is 333 g/mol. The molecule has 0 fully saturated rings. The predicted molar refractivity (Wildman–Crippen MR) is 74.3 cm³/mol. The molecule has 2 aromatic rings. The SMILES string of the molecule is CNC(c1cc(F)ccc1Cl)c1sccc1Br. The van der Waals surface area contributed by atoms with Crippen molar-refractivity contribution in [1.29, 1.82) is 0 Å².